The normalized spacial score (nSPS) is 21.4. The van der Waals surface area contributed by atoms with Crippen LogP contribution >= 0.6 is 23.2 Å². The van der Waals surface area contributed by atoms with E-state index in [2.05, 4.69) is 6.08 Å². The third-order valence-corrected chi connectivity index (χ3v) is 6.66. The highest BCUT2D eigenvalue weighted by Crippen LogP contribution is 2.45. The minimum Gasteiger partial charge on any atom is -0.267 e. The van der Waals surface area contributed by atoms with Crippen molar-refractivity contribution >= 4 is 40.9 Å². The fourth-order valence-electron chi connectivity index (χ4n) is 4.63. The van der Waals surface area contributed by atoms with E-state index in [-0.39, 0.29) is 17.9 Å². The van der Waals surface area contributed by atoms with E-state index in [9.17, 15) is 4.79 Å². The molecule has 32 heavy (non-hydrogen) atoms. The van der Waals surface area contributed by atoms with Gasteiger partial charge in [0, 0.05) is 21.5 Å². The summed E-state index contributed by atoms with van der Waals surface area (Å²) < 4.78 is 0. The average Bonchev–Trinajstić information content (AvgIpc) is 3.22. The highest BCUT2D eigenvalue weighted by atomic mass is 35.5. The van der Waals surface area contributed by atoms with Gasteiger partial charge >= 0.3 is 0 Å². The SMILES string of the molecule is O=C(c1ccccc1)N1N=C2/C(=C/c3ccc(Cl)cc3)CCC[C@@H]2[C@@H]1c1ccc(Cl)cc1. The molecule has 0 radical (unpaired) electrons. The molecule has 0 N–H and O–H groups in total. The molecular formula is C27H22Cl2N2O. The Balaban J connectivity index is 1.57. The summed E-state index contributed by atoms with van der Waals surface area (Å²) in [5, 5.41) is 8.01. The largest absolute Gasteiger partial charge is 0.274 e. The molecule has 1 aliphatic carbocycles. The van der Waals surface area contributed by atoms with Crippen LogP contribution in [0.4, 0.5) is 0 Å². The number of amides is 1. The van der Waals surface area contributed by atoms with Crippen LogP contribution in [0.25, 0.3) is 6.08 Å². The quantitative estimate of drug-likeness (QED) is 0.399. The van der Waals surface area contributed by atoms with E-state index in [0.717, 1.165) is 36.1 Å². The molecule has 160 valence electrons. The van der Waals surface area contributed by atoms with E-state index in [1.54, 1.807) is 5.01 Å². The van der Waals surface area contributed by atoms with E-state index in [0.29, 0.717) is 15.6 Å². The minimum absolute atomic E-state index is 0.0849. The van der Waals surface area contributed by atoms with Crippen molar-refractivity contribution < 1.29 is 4.79 Å². The van der Waals surface area contributed by atoms with Gasteiger partial charge in [0.25, 0.3) is 5.91 Å². The molecule has 5 heteroatoms. The van der Waals surface area contributed by atoms with E-state index < -0.39 is 0 Å². The summed E-state index contributed by atoms with van der Waals surface area (Å²) >= 11 is 12.2. The van der Waals surface area contributed by atoms with Gasteiger partial charge in [0.15, 0.2) is 0 Å². The lowest BCUT2D eigenvalue weighted by molar-refractivity contribution is 0.0681. The number of allylic oxidation sites excluding steroid dienone is 1. The van der Waals surface area contributed by atoms with Gasteiger partial charge in [0.05, 0.1) is 11.8 Å². The van der Waals surface area contributed by atoms with Crippen LogP contribution in [0, 0.1) is 5.92 Å². The molecule has 1 heterocycles. The molecule has 2 aliphatic rings. The monoisotopic (exact) mass is 460 g/mol. The van der Waals surface area contributed by atoms with Gasteiger partial charge in [-0.3, -0.25) is 4.79 Å². The Hall–Kier alpha value is -2.88. The number of hydrogen-bond donors (Lipinski definition) is 0. The van der Waals surface area contributed by atoms with E-state index >= 15 is 0 Å². The zero-order valence-corrected chi connectivity index (χ0v) is 18.9. The first-order chi connectivity index (χ1) is 15.6. The molecule has 3 nitrogen and oxygen atoms in total. The first-order valence-corrected chi connectivity index (χ1v) is 11.5. The molecule has 5 rings (SSSR count). The van der Waals surface area contributed by atoms with Crippen molar-refractivity contribution in [1.82, 2.24) is 5.01 Å². The van der Waals surface area contributed by atoms with Crippen molar-refractivity contribution in [1.29, 1.82) is 0 Å². The van der Waals surface area contributed by atoms with Crippen LogP contribution < -0.4 is 0 Å². The Morgan fingerprint density at radius 1 is 0.906 bits per heavy atom. The molecule has 1 aliphatic heterocycles. The Bertz CT molecular complexity index is 1180. The predicted octanol–water partition coefficient (Wildman–Crippen LogP) is 7.43. The molecule has 0 saturated heterocycles. The van der Waals surface area contributed by atoms with Gasteiger partial charge in [-0.25, -0.2) is 5.01 Å². The lowest BCUT2D eigenvalue weighted by Crippen LogP contribution is -2.31. The van der Waals surface area contributed by atoms with Gasteiger partial charge in [0.2, 0.25) is 0 Å². The highest BCUT2D eigenvalue weighted by Gasteiger charge is 2.43. The second kappa shape index (κ2) is 8.93. The molecule has 0 spiro atoms. The number of rotatable bonds is 3. The van der Waals surface area contributed by atoms with Gasteiger partial charge in [-0.2, -0.15) is 5.10 Å². The number of hydrogen-bond acceptors (Lipinski definition) is 2. The summed E-state index contributed by atoms with van der Waals surface area (Å²) in [7, 11) is 0. The van der Waals surface area contributed by atoms with E-state index in [1.165, 1.54) is 5.57 Å². The Labute approximate surface area is 198 Å². The van der Waals surface area contributed by atoms with Gasteiger partial charge in [0.1, 0.15) is 0 Å². The van der Waals surface area contributed by atoms with Gasteiger partial charge < -0.3 is 0 Å². The first-order valence-electron chi connectivity index (χ1n) is 10.8. The second-order valence-corrected chi connectivity index (χ2v) is 9.09. The lowest BCUT2D eigenvalue weighted by Gasteiger charge is -2.29. The number of carbonyl (C=O) groups excluding carboxylic acids is 1. The molecule has 2 atom stereocenters. The van der Waals surface area contributed by atoms with Crippen LogP contribution in [-0.2, 0) is 0 Å². The zero-order chi connectivity index (χ0) is 22.1. The van der Waals surface area contributed by atoms with Gasteiger partial charge in [-0.05, 0) is 78.4 Å². The summed E-state index contributed by atoms with van der Waals surface area (Å²) in [6.45, 7) is 0. The minimum atomic E-state index is -0.149. The van der Waals surface area contributed by atoms with E-state index in [4.69, 9.17) is 28.3 Å². The second-order valence-electron chi connectivity index (χ2n) is 8.22. The standard InChI is InChI=1S/C27H22Cl2N2O/c28-22-13-9-18(10-14-22)17-21-7-4-8-24-25(21)30-31(27(32)20-5-2-1-3-6-20)26(24)19-11-15-23(29)16-12-19/h1-3,5-6,9-17,24,26H,4,7-8H2/b21-17+/t24-,26-/m0/s1. The summed E-state index contributed by atoms with van der Waals surface area (Å²) in [6, 6.07) is 24.8. The van der Waals surface area contributed by atoms with Gasteiger partial charge in [-0.15, -0.1) is 0 Å². The predicted molar refractivity (Wildman–Crippen MR) is 131 cm³/mol. The maximum atomic E-state index is 13.5. The summed E-state index contributed by atoms with van der Waals surface area (Å²) in [6.07, 6.45) is 5.17. The number of benzene rings is 3. The van der Waals surface area contributed by atoms with Crippen molar-refractivity contribution in [2.75, 3.05) is 0 Å². The summed E-state index contributed by atoms with van der Waals surface area (Å²) in [5.41, 5.74) is 4.97. The molecule has 1 saturated carbocycles. The number of nitrogens with zero attached hydrogens (tertiary/aromatic N) is 2. The molecule has 1 fully saturated rings. The van der Waals surface area contributed by atoms with Crippen molar-refractivity contribution in [2.45, 2.75) is 25.3 Å². The van der Waals surface area contributed by atoms with Crippen LogP contribution in [0.2, 0.25) is 10.0 Å². The maximum Gasteiger partial charge on any atom is 0.274 e. The van der Waals surface area contributed by atoms with Crippen LogP contribution in [0.15, 0.2) is 89.5 Å². The first kappa shape index (κ1) is 21.0. The topological polar surface area (TPSA) is 32.7 Å². The molecule has 3 aromatic rings. The lowest BCUT2D eigenvalue weighted by atomic mass is 9.77. The number of carbonyl (C=O) groups is 1. The van der Waals surface area contributed by atoms with Crippen molar-refractivity contribution in [3.05, 3.63) is 111 Å². The highest BCUT2D eigenvalue weighted by molar-refractivity contribution is 6.30. The number of fused-ring (bicyclic) bond motifs is 1. The molecule has 0 aromatic heterocycles. The van der Waals surface area contributed by atoms with Crippen molar-refractivity contribution in [3.63, 3.8) is 0 Å². The molecule has 0 bridgehead atoms. The Morgan fingerprint density at radius 3 is 2.25 bits per heavy atom. The van der Waals surface area contributed by atoms with Crippen LogP contribution in [-0.4, -0.2) is 16.6 Å². The molecule has 1 amide bonds. The third-order valence-electron chi connectivity index (χ3n) is 6.15. The third kappa shape index (κ3) is 4.11. The fraction of sp³-hybridized carbons (Fsp3) is 0.185. The van der Waals surface area contributed by atoms with Crippen LogP contribution in [0.3, 0.4) is 0 Å². The molecule has 3 aromatic carbocycles. The van der Waals surface area contributed by atoms with Crippen molar-refractivity contribution in [2.24, 2.45) is 11.0 Å². The number of hydrazone groups is 1. The number of halogens is 2. The fourth-order valence-corrected chi connectivity index (χ4v) is 4.89. The van der Waals surface area contributed by atoms with Crippen molar-refractivity contribution in [3.8, 4) is 0 Å². The Morgan fingerprint density at radius 2 is 1.56 bits per heavy atom. The molecule has 0 unspecified atom stereocenters. The maximum absolute atomic E-state index is 13.5. The van der Waals surface area contributed by atoms with Crippen LogP contribution in [0.5, 0.6) is 0 Å². The van der Waals surface area contributed by atoms with Gasteiger partial charge in [-0.1, -0.05) is 65.7 Å². The molecular weight excluding hydrogens is 439 g/mol. The zero-order valence-electron chi connectivity index (χ0n) is 17.4. The van der Waals surface area contributed by atoms with E-state index in [1.807, 2.05) is 78.9 Å². The smallest absolute Gasteiger partial charge is 0.267 e. The average molecular weight is 461 g/mol. The van der Waals surface area contributed by atoms with Crippen LogP contribution in [0.1, 0.15) is 46.8 Å². The summed E-state index contributed by atoms with van der Waals surface area (Å²) in [4.78, 5) is 13.5. The summed E-state index contributed by atoms with van der Waals surface area (Å²) in [5.74, 6) is 0.0643. The Kier molecular flexibility index (Phi) is 5.86.